The topological polar surface area (TPSA) is 90.1 Å². The second-order valence-electron chi connectivity index (χ2n) is 4.28. The van der Waals surface area contributed by atoms with Crippen LogP contribution >= 0.6 is 23.2 Å². The molecular formula is C13H8Cl2N4O3. The van der Waals surface area contributed by atoms with Crippen LogP contribution in [0.5, 0.6) is 5.75 Å². The molecule has 1 N–H and O–H groups in total. The normalized spacial score (nSPS) is 10.8. The molecule has 0 radical (unpaired) electrons. The molecular weight excluding hydrogens is 331 g/mol. The number of phenolic OH excluding ortho intramolecular Hbond substituents is 1. The van der Waals surface area contributed by atoms with E-state index in [1.165, 1.54) is 18.7 Å². The van der Waals surface area contributed by atoms with Gasteiger partial charge in [-0.15, -0.1) is 5.10 Å². The number of carbonyl (C=O) groups excluding carboxylic acids is 1. The molecule has 0 atom stereocenters. The van der Waals surface area contributed by atoms with Crippen LogP contribution < -0.4 is 0 Å². The maximum atomic E-state index is 11.6. The Kier molecular flexibility index (Phi) is 3.82. The molecule has 0 aliphatic heterocycles. The molecule has 0 fully saturated rings. The third-order valence-electron chi connectivity index (χ3n) is 2.86. The van der Waals surface area contributed by atoms with E-state index in [0.717, 1.165) is 4.68 Å². The molecule has 0 saturated heterocycles. The second-order valence-corrected chi connectivity index (χ2v) is 5.10. The van der Waals surface area contributed by atoms with Crippen molar-refractivity contribution < 1.29 is 14.6 Å². The number of fused-ring (bicyclic) bond motifs is 1. The number of hydrogen-bond acceptors (Lipinski definition) is 6. The van der Waals surface area contributed by atoms with Gasteiger partial charge in [-0.3, -0.25) is 0 Å². The van der Waals surface area contributed by atoms with Gasteiger partial charge in [-0.2, -0.15) is 4.68 Å². The second kappa shape index (κ2) is 5.78. The summed E-state index contributed by atoms with van der Waals surface area (Å²) in [5, 5.41) is 14.6. The Bertz CT molecular complexity index is 852. The maximum absolute atomic E-state index is 11.6. The van der Waals surface area contributed by atoms with Gasteiger partial charge in [0.25, 0.3) is 0 Å². The van der Waals surface area contributed by atoms with Crippen LogP contribution in [0.2, 0.25) is 10.0 Å². The number of pyridine rings is 1. The Morgan fingerprint density at radius 1 is 1.32 bits per heavy atom. The highest BCUT2D eigenvalue weighted by molar-refractivity contribution is 6.39. The summed E-state index contributed by atoms with van der Waals surface area (Å²) in [6.07, 6.45) is 1.76. The Morgan fingerprint density at radius 3 is 2.86 bits per heavy atom. The zero-order valence-corrected chi connectivity index (χ0v) is 12.4. The molecule has 0 aliphatic rings. The highest BCUT2D eigenvalue weighted by atomic mass is 35.5. The fourth-order valence-corrected chi connectivity index (χ4v) is 2.34. The van der Waals surface area contributed by atoms with E-state index in [2.05, 4.69) is 15.1 Å². The van der Waals surface area contributed by atoms with E-state index in [-0.39, 0.29) is 22.9 Å². The molecule has 1 aromatic carbocycles. The molecule has 9 heteroatoms. The predicted octanol–water partition coefficient (Wildman–Crippen LogP) is 3.02. The summed E-state index contributed by atoms with van der Waals surface area (Å²) in [4.78, 5) is 19.5. The number of hydrogen-bond donors (Lipinski definition) is 1. The van der Waals surface area contributed by atoms with Crippen LogP contribution in [0.25, 0.3) is 10.9 Å². The van der Waals surface area contributed by atoms with E-state index in [1.807, 2.05) is 0 Å². The molecule has 3 aromatic rings. The fourth-order valence-electron chi connectivity index (χ4n) is 1.83. The van der Waals surface area contributed by atoms with Gasteiger partial charge in [0.05, 0.1) is 15.7 Å². The smallest absolute Gasteiger partial charge is 0.436 e. The number of benzene rings is 1. The van der Waals surface area contributed by atoms with Crippen molar-refractivity contribution in [2.24, 2.45) is 0 Å². The number of rotatable bonds is 2. The van der Waals surface area contributed by atoms with Crippen molar-refractivity contribution in [3.8, 4) is 5.75 Å². The first-order valence-corrected chi connectivity index (χ1v) is 6.80. The lowest BCUT2D eigenvalue weighted by molar-refractivity contribution is 0.136. The van der Waals surface area contributed by atoms with Gasteiger partial charge in [0.15, 0.2) is 5.75 Å². The van der Waals surface area contributed by atoms with E-state index in [4.69, 9.17) is 27.9 Å². The Hall–Kier alpha value is -2.38. The van der Waals surface area contributed by atoms with Crippen molar-refractivity contribution in [1.29, 1.82) is 0 Å². The number of carbonyl (C=O) groups is 1. The number of nitrogens with zero attached hydrogens (tertiary/aromatic N) is 4. The van der Waals surface area contributed by atoms with Gasteiger partial charge < -0.3 is 9.84 Å². The molecule has 0 aliphatic carbocycles. The van der Waals surface area contributed by atoms with Crippen LogP contribution in [-0.4, -0.2) is 30.9 Å². The van der Waals surface area contributed by atoms with E-state index < -0.39 is 6.09 Å². The minimum Gasteiger partial charge on any atom is -0.504 e. The maximum Gasteiger partial charge on any atom is 0.436 e. The molecule has 0 amide bonds. The van der Waals surface area contributed by atoms with E-state index >= 15 is 0 Å². The fraction of sp³-hybridized carbons (Fsp3) is 0.0769. The molecule has 0 spiro atoms. The van der Waals surface area contributed by atoms with Crippen molar-refractivity contribution in [1.82, 2.24) is 19.7 Å². The van der Waals surface area contributed by atoms with Gasteiger partial charge in [-0.1, -0.05) is 23.2 Å². The van der Waals surface area contributed by atoms with Crippen molar-refractivity contribution in [3.05, 3.63) is 46.6 Å². The van der Waals surface area contributed by atoms with Crippen molar-refractivity contribution >= 4 is 40.2 Å². The molecule has 7 nitrogen and oxygen atoms in total. The number of halogens is 2. The standard InChI is InChI=1S/C13H8Cl2N4O3/c14-9-3-10(15)12(20)11-8(9)2-1-7(18-11)4-22-13(21)19-6-16-5-17-19/h1-3,5-6,20H,4H2. The zero-order chi connectivity index (χ0) is 15.7. The van der Waals surface area contributed by atoms with Gasteiger partial charge in [0, 0.05) is 5.39 Å². The first-order chi connectivity index (χ1) is 10.6. The first-order valence-electron chi connectivity index (χ1n) is 6.04. The predicted molar refractivity (Wildman–Crippen MR) is 79.0 cm³/mol. The summed E-state index contributed by atoms with van der Waals surface area (Å²) in [6.45, 7) is -0.0990. The quantitative estimate of drug-likeness (QED) is 0.772. The molecule has 0 saturated carbocycles. The number of aromatic nitrogens is 4. The van der Waals surface area contributed by atoms with Gasteiger partial charge in [0.1, 0.15) is 24.8 Å². The largest absolute Gasteiger partial charge is 0.504 e. The van der Waals surface area contributed by atoms with Crippen LogP contribution in [0.3, 0.4) is 0 Å². The first kappa shape index (κ1) is 14.6. The lowest BCUT2D eigenvalue weighted by Crippen LogP contribution is -2.14. The van der Waals surface area contributed by atoms with Crippen molar-refractivity contribution in [2.45, 2.75) is 6.61 Å². The molecule has 0 unspecified atom stereocenters. The molecule has 2 heterocycles. The zero-order valence-electron chi connectivity index (χ0n) is 10.9. The minimum atomic E-state index is -0.687. The van der Waals surface area contributed by atoms with Crippen LogP contribution in [0.4, 0.5) is 4.79 Å². The average molecular weight is 339 g/mol. The Balaban J connectivity index is 1.86. The number of ether oxygens (including phenoxy) is 1. The monoisotopic (exact) mass is 338 g/mol. The van der Waals surface area contributed by atoms with Gasteiger partial charge in [-0.25, -0.2) is 14.8 Å². The van der Waals surface area contributed by atoms with Crippen LogP contribution in [0, 0.1) is 0 Å². The van der Waals surface area contributed by atoms with Crippen LogP contribution in [0.1, 0.15) is 5.69 Å². The van der Waals surface area contributed by atoms with Crippen LogP contribution in [-0.2, 0) is 11.3 Å². The van der Waals surface area contributed by atoms with Gasteiger partial charge >= 0.3 is 6.09 Å². The van der Waals surface area contributed by atoms with E-state index in [0.29, 0.717) is 16.1 Å². The van der Waals surface area contributed by atoms with E-state index in [1.54, 1.807) is 12.1 Å². The lowest BCUT2D eigenvalue weighted by atomic mass is 10.2. The number of aromatic hydroxyl groups is 1. The summed E-state index contributed by atoms with van der Waals surface area (Å²) in [5.41, 5.74) is 0.668. The highest BCUT2D eigenvalue weighted by Crippen LogP contribution is 2.36. The highest BCUT2D eigenvalue weighted by Gasteiger charge is 2.12. The summed E-state index contributed by atoms with van der Waals surface area (Å²) in [5.74, 6) is -0.175. The summed E-state index contributed by atoms with van der Waals surface area (Å²) >= 11 is 11.9. The summed E-state index contributed by atoms with van der Waals surface area (Å²) in [6, 6.07) is 4.74. The molecule has 2 aromatic heterocycles. The lowest BCUT2D eigenvalue weighted by Gasteiger charge is -2.08. The van der Waals surface area contributed by atoms with Gasteiger partial charge in [-0.05, 0) is 18.2 Å². The molecule has 112 valence electrons. The third kappa shape index (κ3) is 2.68. The third-order valence-corrected chi connectivity index (χ3v) is 3.46. The van der Waals surface area contributed by atoms with Gasteiger partial charge in [0.2, 0.25) is 0 Å². The summed E-state index contributed by atoms with van der Waals surface area (Å²) in [7, 11) is 0. The van der Waals surface area contributed by atoms with Crippen LogP contribution in [0.15, 0.2) is 30.9 Å². The summed E-state index contributed by atoms with van der Waals surface area (Å²) < 4.78 is 5.98. The van der Waals surface area contributed by atoms with Crippen molar-refractivity contribution in [2.75, 3.05) is 0 Å². The van der Waals surface area contributed by atoms with Crippen molar-refractivity contribution in [3.63, 3.8) is 0 Å². The Labute approximate surface area is 134 Å². The molecule has 3 rings (SSSR count). The Morgan fingerprint density at radius 2 is 2.14 bits per heavy atom. The average Bonchev–Trinajstić information content (AvgIpc) is 3.04. The molecule has 22 heavy (non-hydrogen) atoms. The SMILES string of the molecule is O=C(OCc1ccc2c(Cl)cc(Cl)c(O)c2n1)n1cncn1. The number of phenols is 1. The minimum absolute atomic E-state index is 0.0989. The van der Waals surface area contributed by atoms with E-state index in [9.17, 15) is 9.90 Å². The molecule has 0 bridgehead atoms.